The number of hydrogen-bond acceptors (Lipinski definition) is 4. The number of nitrogens with one attached hydrogen (secondary N) is 1. The van der Waals surface area contributed by atoms with Crippen LogP contribution in [0, 0.1) is 0 Å². The highest BCUT2D eigenvalue weighted by Gasteiger charge is 2.11. The normalized spacial score (nSPS) is 13.0. The molecule has 0 bridgehead atoms. The van der Waals surface area contributed by atoms with E-state index in [9.17, 15) is 0 Å². The van der Waals surface area contributed by atoms with Crippen LogP contribution in [0.5, 0.6) is 11.5 Å². The molecule has 1 N–H and O–H groups in total. The molecule has 0 fully saturated rings. The van der Waals surface area contributed by atoms with Crippen molar-refractivity contribution in [1.82, 2.24) is 9.55 Å². The van der Waals surface area contributed by atoms with Crippen LogP contribution in [0.25, 0.3) is 0 Å². The molecule has 0 amide bonds. The third kappa shape index (κ3) is 3.18. The maximum atomic E-state index is 5.59. The summed E-state index contributed by atoms with van der Waals surface area (Å²) in [5, 5.41) is 3.34. The van der Waals surface area contributed by atoms with Crippen LogP contribution in [0.2, 0.25) is 0 Å². The second-order valence-corrected chi connectivity index (χ2v) is 4.85. The first-order valence-electron chi connectivity index (χ1n) is 7.11. The van der Waals surface area contributed by atoms with Crippen LogP contribution < -0.4 is 14.8 Å². The quantitative estimate of drug-likeness (QED) is 0.828. The highest BCUT2D eigenvalue weighted by molar-refractivity contribution is 5.44. The number of anilines is 1. The number of benzene rings is 1. The first-order valence-corrected chi connectivity index (χ1v) is 7.11. The monoisotopic (exact) mass is 285 g/mol. The molecule has 0 atom stereocenters. The van der Waals surface area contributed by atoms with Crippen LogP contribution in [0.4, 0.5) is 5.95 Å². The van der Waals surface area contributed by atoms with Crippen LogP contribution in [-0.2, 0) is 13.0 Å². The van der Waals surface area contributed by atoms with Gasteiger partial charge in [-0.3, -0.25) is 0 Å². The largest absolute Gasteiger partial charge is 0.486 e. The lowest BCUT2D eigenvalue weighted by Crippen LogP contribution is -2.15. The first kappa shape index (κ1) is 13.5. The molecular formula is C16H19N3O2. The number of nitrogens with zero attached hydrogens (tertiary/aromatic N) is 2. The Kier molecular flexibility index (Phi) is 4.09. The lowest BCUT2D eigenvalue weighted by molar-refractivity contribution is 0.171. The molecule has 0 radical (unpaired) electrons. The molecule has 21 heavy (non-hydrogen) atoms. The number of rotatable bonds is 6. The minimum Gasteiger partial charge on any atom is -0.486 e. The van der Waals surface area contributed by atoms with Gasteiger partial charge >= 0.3 is 0 Å². The highest BCUT2D eigenvalue weighted by Crippen LogP contribution is 2.30. The molecule has 1 aromatic carbocycles. The summed E-state index contributed by atoms with van der Waals surface area (Å²) in [5.74, 6) is 2.54. The van der Waals surface area contributed by atoms with Gasteiger partial charge in [-0.05, 0) is 24.1 Å². The van der Waals surface area contributed by atoms with Gasteiger partial charge in [0.05, 0.1) is 0 Å². The summed E-state index contributed by atoms with van der Waals surface area (Å²) in [4.78, 5) is 4.30. The van der Waals surface area contributed by atoms with E-state index in [1.165, 1.54) is 5.56 Å². The second kappa shape index (κ2) is 6.35. The first-order chi connectivity index (χ1) is 10.4. The lowest BCUT2D eigenvalue weighted by Gasteiger charge is -2.19. The predicted octanol–water partition coefficient (Wildman–Crippen LogP) is 2.49. The third-order valence-corrected chi connectivity index (χ3v) is 3.34. The summed E-state index contributed by atoms with van der Waals surface area (Å²) >= 11 is 0. The summed E-state index contributed by atoms with van der Waals surface area (Å²) in [5.41, 5.74) is 1.22. The molecule has 2 aromatic rings. The van der Waals surface area contributed by atoms with Crippen LogP contribution in [0.15, 0.2) is 43.2 Å². The van der Waals surface area contributed by atoms with Gasteiger partial charge in [0.25, 0.3) is 0 Å². The zero-order valence-electron chi connectivity index (χ0n) is 11.9. The fourth-order valence-electron chi connectivity index (χ4n) is 2.32. The van der Waals surface area contributed by atoms with E-state index in [-0.39, 0.29) is 0 Å². The Morgan fingerprint density at radius 1 is 1.29 bits per heavy atom. The Balaban J connectivity index is 1.57. The van der Waals surface area contributed by atoms with Crippen LogP contribution in [0.3, 0.4) is 0 Å². The van der Waals surface area contributed by atoms with Gasteiger partial charge in [-0.1, -0.05) is 12.1 Å². The lowest BCUT2D eigenvalue weighted by atomic mass is 10.1. The summed E-state index contributed by atoms with van der Waals surface area (Å²) in [6.07, 6.45) is 6.48. The predicted molar refractivity (Wildman–Crippen MR) is 82.0 cm³/mol. The summed E-state index contributed by atoms with van der Waals surface area (Å²) in [6.45, 7) is 6.56. The van der Waals surface area contributed by atoms with E-state index in [0.717, 1.165) is 37.0 Å². The molecule has 0 aliphatic carbocycles. The number of ether oxygens (including phenoxy) is 2. The smallest absolute Gasteiger partial charge is 0.203 e. The topological polar surface area (TPSA) is 48.3 Å². The Bertz CT molecular complexity index is 622. The number of allylic oxidation sites excluding steroid dienone is 1. The van der Waals surface area contributed by atoms with E-state index in [0.29, 0.717) is 13.2 Å². The number of aromatic nitrogens is 2. The number of fused-ring (bicyclic) bond motifs is 1. The van der Waals surface area contributed by atoms with Crippen LogP contribution in [0.1, 0.15) is 5.56 Å². The molecule has 2 heterocycles. The minimum absolute atomic E-state index is 0.619. The molecule has 0 saturated heterocycles. The van der Waals surface area contributed by atoms with Crippen molar-refractivity contribution in [1.29, 1.82) is 0 Å². The number of imidazole rings is 1. The second-order valence-electron chi connectivity index (χ2n) is 4.85. The van der Waals surface area contributed by atoms with Crippen molar-refractivity contribution in [2.24, 2.45) is 0 Å². The van der Waals surface area contributed by atoms with Crippen molar-refractivity contribution < 1.29 is 9.47 Å². The molecule has 1 aromatic heterocycles. The van der Waals surface area contributed by atoms with E-state index < -0.39 is 0 Å². The average molecular weight is 285 g/mol. The summed E-state index contributed by atoms with van der Waals surface area (Å²) in [6, 6.07) is 6.10. The van der Waals surface area contributed by atoms with Crippen molar-refractivity contribution >= 4 is 5.95 Å². The molecule has 1 aliphatic heterocycles. The van der Waals surface area contributed by atoms with Gasteiger partial charge < -0.3 is 19.4 Å². The zero-order chi connectivity index (χ0) is 14.5. The molecule has 110 valence electrons. The SMILES string of the molecule is C=CCn1ccnc1NCCc1ccc2c(c1)OCCO2. The molecule has 1 aliphatic rings. The zero-order valence-corrected chi connectivity index (χ0v) is 11.9. The van der Waals surface area contributed by atoms with Crippen LogP contribution in [-0.4, -0.2) is 29.3 Å². The minimum atomic E-state index is 0.619. The van der Waals surface area contributed by atoms with Gasteiger partial charge in [-0.2, -0.15) is 0 Å². The number of hydrogen-bond donors (Lipinski definition) is 1. The fourth-order valence-corrected chi connectivity index (χ4v) is 2.32. The van der Waals surface area contributed by atoms with Gasteiger partial charge in [-0.25, -0.2) is 4.98 Å². The Labute approximate surface area is 124 Å². The van der Waals surface area contributed by atoms with Crippen molar-refractivity contribution in [3.05, 3.63) is 48.8 Å². The molecular weight excluding hydrogens is 266 g/mol. The van der Waals surface area contributed by atoms with Crippen LogP contribution >= 0.6 is 0 Å². The Hall–Kier alpha value is -2.43. The molecule has 0 spiro atoms. The maximum Gasteiger partial charge on any atom is 0.203 e. The highest BCUT2D eigenvalue weighted by atomic mass is 16.6. The van der Waals surface area contributed by atoms with Crippen molar-refractivity contribution in [3.8, 4) is 11.5 Å². The van der Waals surface area contributed by atoms with Gasteiger partial charge in [0.1, 0.15) is 13.2 Å². The van der Waals surface area contributed by atoms with E-state index >= 15 is 0 Å². The summed E-state index contributed by atoms with van der Waals surface area (Å²) in [7, 11) is 0. The van der Waals surface area contributed by atoms with E-state index in [1.54, 1.807) is 6.20 Å². The molecule has 0 saturated carbocycles. The summed E-state index contributed by atoms with van der Waals surface area (Å²) < 4.78 is 13.1. The van der Waals surface area contributed by atoms with E-state index in [4.69, 9.17) is 9.47 Å². The van der Waals surface area contributed by atoms with E-state index in [2.05, 4.69) is 22.9 Å². The van der Waals surface area contributed by atoms with Gasteiger partial charge in [0.2, 0.25) is 5.95 Å². The molecule has 3 rings (SSSR count). The Morgan fingerprint density at radius 2 is 2.14 bits per heavy atom. The molecule has 5 heteroatoms. The molecule has 0 unspecified atom stereocenters. The van der Waals surface area contributed by atoms with Gasteiger partial charge in [0, 0.05) is 25.5 Å². The van der Waals surface area contributed by atoms with E-state index in [1.807, 2.05) is 29.0 Å². The van der Waals surface area contributed by atoms with Crippen molar-refractivity contribution in [3.63, 3.8) is 0 Å². The Morgan fingerprint density at radius 3 is 3.00 bits per heavy atom. The maximum absolute atomic E-state index is 5.59. The fraction of sp³-hybridized carbons (Fsp3) is 0.312. The van der Waals surface area contributed by atoms with Crippen molar-refractivity contribution in [2.75, 3.05) is 25.1 Å². The van der Waals surface area contributed by atoms with Gasteiger partial charge in [0.15, 0.2) is 11.5 Å². The average Bonchev–Trinajstić information content (AvgIpc) is 2.95. The standard InChI is InChI=1S/C16H19N3O2/c1-2-8-19-9-7-18-16(19)17-6-5-13-3-4-14-15(12-13)21-11-10-20-14/h2-4,7,9,12H,1,5-6,8,10-11H2,(H,17,18). The molecule has 5 nitrogen and oxygen atoms in total. The van der Waals surface area contributed by atoms with Crippen molar-refractivity contribution in [2.45, 2.75) is 13.0 Å². The van der Waals surface area contributed by atoms with Gasteiger partial charge in [-0.15, -0.1) is 6.58 Å². The third-order valence-electron chi connectivity index (χ3n) is 3.34.